The number of carbonyl (C=O) groups is 2. The highest BCUT2D eigenvalue weighted by atomic mass is 32.2. The summed E-state index contributed by atoms with van der Waals surface area (Å²) in [4.78, 5) is 27.9. The lowest BCUT2D eigenvalue weighted by Crippen LogP contribution is -2.15. The molecule has 4 rings (SSSR count). The van der Waals surface area contributed by atoms with Crippen LogP contribution < -0.4 is 15.8 Å². The maximum atomic E-state index is 12.5. The number of aromatic nitrogens is 4. The second kappa shape index (κ2) is 10.6. The van der Waals surface area contributed by atoms with Gasteiger partial charge < -0.3 is 15.8 Å². The van der Waals surface area contributed by atoms with E-state index in [0.717, 1.165) is 17.0 Å². The van der Waals surface area contributed by atoms with Crippen molar-refractivity contribution in [2.75, 3.05) is 17.7 Å². The average molecular weight is 475 g/mol. The second-order valence-corrected chi connectivity index (χ2v) is 8.03. The summed E-state index contributed by atoms with van der Waals surface area (Å²) in [5.74, 6) is 0.743. The van der Waals surface area contributed by atoms with E-state index in [-0.39, 0.29) is 11.7 Å². The third-order valence-electron chi connectivity index (χ3n) is 4.74. The Kier molecular flexibility index (Phi) is 7.19. The molecule has 0 saturated heterocycles. The molecule has 2 aromatic heterocycles. The van der Waals surface area contributed by atoms with Gasteiger partial charge in [-0.15, -0.1) is 10.2 Å². The molecule has 0 radical (unpaired) electrons. The van der Waals surface area contributed by atoms with Gasteiger partial charge in [0.25, 0.3) is 0 Å². The van der Waals surface area contributed by atoms with Crippen molar-refractivity contribution in [1.82, 2.24) is 19.7 Å². The van der Waals surface area contributed by atoms with E-state index in [9.17, 15) is 9.59 Å². The smallest absolute Gasteiger partial charge is 0.248 e. The molecule has 0 fully saturated rings. The van der Waals surface area contributed by atoms with Gasteiger partial charge in [-0.1, -0.05) is 11.8 Å². The third kappa shape index (κ3) is 5.41. The van der Waals surface area contributed by atoms with Crippen molar-refractivity contribution in [3.63, 3.8) is 0 Å². The van der Waals surface area contributed by atoms with Crippen molar-refractivity contribution in [3.8, 4) is 22.8 Å². The van der Waals surface area contributed by atoms with Crippen molar-refractivity contribution in [2.24, 2.45) is 5.73 Å². The highest BCUT2D eigenvalue weighted by Crippen LogP contribution is 2.28. The first-order chi connectivity index (χ1) is 16.5. The fourth-order valence-electron chi connectivity index (χ4n) is 3.18. The number of pyridine rings is 1. The zero-order chi connectivity index (χ0) is 23.9. The monoisotopic (exact) mass is 474 g/mol. The number of rotatable bonds is 9. The highest BCUT2D eigenvalue weighted by molar-refractivity contribution is 7.99. The molecule has 0 atom stereocenters. The summed E-state index contributed by atoms with van der Waals surface area (Å²) in [6.45, 7) is 2.51. The largest absolute Gasteiger partial charge is 0.494 e. The Labute approximate surface area is 200 Å². The van der Waals surface area contributed by atoms with Crippen LogP contribution >= 0.6 is 11.8 Å². The van der Waals surface area contributed by atoms with E-state index in [1.54, 1.807) is 36.7 Å². The number of primary amides is 1. The van der Waals surface area contributed by atoms with Crippen molar-refractivity contribution in [1.29, 1.82) is 0 Å². The summed E-state index contributed by atoms with van der Waals surface area (Å²) in [7, 11) is 0. The van der Waals surface area contributed by atoms with E-state index in [2.05, 4.69) is 20.5 Å². The molecule has 0 aliphatic rings. The van der Waals surface area contributed by atoms with Gasteiger partial charge in [0.05, 0.1) is 12.4 Å². The lowest BCUT2D eigenvalue weighted by molar-refractivity contribution is -0.113. The summed E-state index contributed by atoms with van der Waals surface area (Å²) in [5, 5.41) is 12.0. The van der Waals surface area contributed by atoms with Crippen LogP contribution in [0.3, 0.4) is 0 Å². The maximum absolute atomic E-state index is 12.5. The zero-order valence-corrected chi connectivity index (χ0v) is 19.2. The summed E-state index contributed by atoms with van der Waals surface area (Å²) < 4.78 is 7.43. The second-order valence-electron chi connectivity index (χ2n) is 7.09. The SMILES string of the molecule is CCOc1ccc(-n2c(SCC(=O)Nc3ccc(C(N)=O)cc3)nnc2-c2cccnc2)cc1. The first-order valence-corrected chi connectivity index (χ1v) is 11.4. The number of hydrogen-bond acceptors (Lipinski definition) is 7. The Bertz CT molecular complexity index is 1270. The fourth-order valence-corrected chi connectivity index (χ4v) is 3.93. The minimum atomic E-state index is -0.522. The van der Waals surface area contributed by atoms with Crippen LogP contribution in [0.15, 0.2) is 78.2 Å². The number of carbonyl (C=O) groups excluding carboxylic acids is 2. The molecule has 0 aliphatic heterocycles. The normalized spacial score (nSPS) is 10.6. The Morgan fingerprint density at radius 3 is 2.47 bits per heavy atom. The number of nitrogens with one attached hydrogen (secondary N) is 1. The van der Waals surface area contributed by atoms with Crippen molar-refractivity contribution < 1.29 is 14.3 Å². The number of nitrogens with zero attached hydrogens (tertiary/aromatic N) is 4. The predicted octanol–water partition coefficient (Wildman–Crippen LogP) is 3.56. The molecule has 3 N–H and O–H groups in total. The minimum absolute atomic E-state index is 0.111. The van der Waals surface area contributed by atoms with Gasteiger partial charge in [0.1, 0.15) is 5.75 Å². The molecule has 4 aromatic rings. The van der Waals surface area contributed by atoms with E-state index < -0.39 is 5.91 Å². The number of anilines is 1. The summed E-state index contributed by atoms with van der Waals surface area (Å²) in [6.07, 6.45) is 3.41. The highest BCUT2D eigenvalue weighted by Gasteiger charge is 2.18. The van der Waals surface area contributed by atoms with E-state index in [4.69, 9.17) is 10.5 Å². The van der Waals surface area contributed by atoms with Crippen LogP contribution in [0.1, 0.15) is 17.3 Å². The molecule has 0 spiro atoms. The molecule has 2 amide bonds. The Balaban J connectivity index is 1.54. The molecule has 0 bridgehead atoms. The molecule has 0 aliphatic carbocycles. The van der Waals surface area contributed by atoms with E-state index in [0.29, 0.717) is 28.8 Å². The van der Waals surface area contributed by atoms with Crippen LogP contribution in [0.25, 0.3) is 17.1 Å². The Hall–Kier alpha value is -4.18. The van der Waals surface area contributed by atoms with Gasteiger partial charge in [-0.05, 0) is 67.6 Å². The molecular weight excluding hydrogens is 452 g/mol. The van der Waals surface area contributed by atoms with Crippen molar-refractivity contribution in [2.45, 2.75) is 12.1 Å². The topological polar surface area (TPSA) is 125 Å². The predicted molar refractivity (Wildman–Crippen MR) is 130 cm³/mol. The molecule has 0 unspecified atom stereocenters. The first-order valence-electron chi connectivity index (χ1n) is 10.5. The Morgan fingerprint density at radius 1 is 1.06 bits per heavy atom. The lowest BCUT2D eigenvalue weighted by Gasteiger charge is -2.11. The van der Waals surface area contributed by atoms with Gasteiger partial charge in [0.2, 0.25) is 11.8 Å². The number of thioether (sulfide) groups is 1. The van der Waals surface area contributed by atoms with Crippen LogP contribution in [0.5, 0.6) is 5.75 Å². The van der Waals surface area contributed by atoms with Crippen LogP contribution in [-0.4, -0.2) is 43.9 Å². The maximum Gasteiger partial charge on any atom is 0.248 e. The zero-order valence-electron chi connectivity index (χ0n) is 18.3. The van der Waals surface area contributed by atoms with Crippen LogP contribution in [0.4, 0.5) is 5.69 Å². The quantitative estimate of drug-likeness (QED) is 0.355. The minimum Gasteiger partial charge on any atom is -0.494 e. The molecule has 2 heterocycles. The third-order valence-corrected chi connectivity index (χ3v) is 5.67. The Morgan fingerprint density at radius 2 is 1.82 bits per heavy atom. The van der Waals surface area contributed by atoms with Gasteiger partial charge in [-0.2, -0.15) is 0 Å². The standard InChI is InChI=1S/C24H22N6O3S/c1-2-33-20-11-9-19(10-12-20)30-23(17-4-3-13-26-14-17)28-29-24(30)34-15-21(31)27-18-7-5-16(6-8-18)22(25)32/h3-14H,2,15H2,1H3,(H2,25,32)(H,27,31). The van der Waals surface area contributed by atoms with E-state index in [1.807, 2.05) is 47.9 Å². The van der Waals surface area contributed by atoms with Gasteiger partial charge in [0, 0.05) is 34.9 Å². The molecule has 0 saturated carbocycles. The lowest BCUT2D eigenvalue weighted by atomic mass is 10.2. The van der Waals surface area contributed by atoms with Gasteiger partial charge in [-0.3, -0.25) is 19.1 Å². The number of amides is 2. The molecule has 9 nitrogen and oxygen atoms in total. The summed E-state index contributed by atoms with van der Waals surface area (Å²) in [5.41, 5.74) is 7.83. The number of ether oxygens (including phenoxy) is 1. The van der Waals surface area contributed by atoms with E-state index >= 15 is 0 Å². The van der Waals surface area contributed by atoms with Crippen molar-refractivity contribution in [3.05, 3.63) is 78.6 Å². The molecule has 10 heteroatoms. The fraction of sp³-hybridized carbons (Fsp3) is 0.125. The number of benzene rings is 2. The first kappa shape index (κ1) is 23.0. The van der Waals surface area contributed by atoms with Gasteiger partial charge in [0.15, 0.2) is 11.0 Å². The number of nitrogens with two attached hydrogens (primary N) is 1. The van der Waals surface area contributed by atoms with Gasteiger partial charge >= 0.3 is 0 Å². The molecule has 34 heavy (non-hydrogen) atoms. The van der Waals surface area contributed by atoms with E-state index in [1.165, 1.54) is 11.8 Å². The van der Waals surface area contributed by atoms with Crippen LogP contribution in [0.2, 0.25) is 0 Å². The van der Waals surface area contributed by atoms with Gasteiger partial charge in [-0.25, -0.2) is 0 Å². The molecular formula is C24H22N6O3S. The van der Waals surface area contributed by atoms with Crippen molar-refractivity contribution >= 4 is 29.3 Å². The molecule has 2 aromatic carbocycles. The van der Waals surface area contributed by atoms with Crippen LogP contribution in [0, 0.1) is 0 Å². The summed E-state index contributed by atoms with van der Waals surface area (Å²) in [6, 6.07) is 17.7. The van der Waals surface area contributed by atoms with Crippen LogP contribution in [-0.2, 0) is 4.79 Å². The number of hydrogen-bond donors (Lipinski definition) is 2. The average Bonchev–Trinajstić information content (AvgIpc) is 3.28. The molecule has 172 valence electrons. The summed E-state index contributed by atoms with van der Waals surface area (Å²) >= 11 is 1.26.